The largest absolute Gasteiger partial charge is 0.381 e. The fourth-order valence-corrected chi connectivity index (χ4v) is 2.06. The van der Waals surface area contributed by atoms with E-state index in [2.05, 4.69) is 10.3 Å². The SMILES string of the molecule is Nc1cn(Cc2sccc2Cl)nn1. The van der Waals surface area contributed by atoms with Crippen molar-refractivity contribution in [3.63, 3.8) is 0 Å². The molecule has 2 rings (SSSR count). The number of hydrogen-bond acceptors (Lipinski definition) is 4. The fourth-order valence-electron chi connectivity index (χ4n) is 0.976. The Kier molecular flexibility index (Phi) is 2.20. The van der Waals surface area contributed by atoms with Crippen LogP contribution in [0.2, 0.25) is 5.02 Å². The lowest BCUT2D eigenvalue weighted by molar-refractivity contribution is 0.656. The predicted octanol–water partition coefficient (Wildman–Crippen LogP) is 1.62. The van der Waals surface area contributed by atoms with Gasteiger partial charge >= 0.3 is 0 Å². The zero-order valence-corrected chi connectivity index (χ0v) is 8.22. The zero-order chi connectivity index (χ0) is 9.26. The van der Waals surface area contributed by atoms with Crippen LogP contribution in [-0.2, 0) is 6.54 Å². The average molecular weight is 215 g/mol. The lowest BCUT2D eigenvalue weighted by Gasteiger charge is -1.96. The van der Waals surface area contributed by atoms with Crippen LogP contribution in [0.15, 0.2) is 17.6 Å². The van der Waals surface area contributed by atoms with E-state index < -0.39 is 0 Å². The van der Waals surface area contributed by atoms with Gasteiger partial charge < -0.3 is 5.73 Å². The topological polar surface area (TPSA) is 56.7 Å². The standard InChI is InChI=1S/C7H7ClN4S/c8-5-1-2-13-6(5)3-12-4-7(9)10-11-12/h1-2,4H,3,9H2. The molecule has 0 aliphatic carbocycles. The second kappa shape index (κ2) is 3.35. The zero-order valence-electron chi connectivity index (χ0n) is 6.64. The highest BCUT2D eigenvalue weighted by Crippen LogP contribution is 2.22. The molecule has 0 aromatic carbocycles. The van der Waals surface area contributed by atoms with E-state index in [0.29, 0.717) is 12.4 Å². The monoisotopic (exact) mass is 214 g/mol. The lowest BCUT2D eigenvalue weighted by atomic mass is 10.4. The molecular weight excluding hydrogens is 208 g/mol. The highest BCUT2D eigenvalue weighted by Gasteiger charge is 2.03. The van der Waals surface area contributed by atoms with Gasteiger partial charge in [0, 0.05) is 4.88 Å². The summed E-state index contributed by atoms with van der Waals surface area (Å²) < 4.78 is 1.66. The summed E-state index contributed by atoms with van der Waals surface area (Å²) in [5.41, 5.74) is 5.42. The number of nitrogens with two attached hydrogens (primary N) is 1. The van der Waals surface area contributed by atoms with Gasteiger partial charge in [0.1, 0.15) is 0 Å². The minimum absolute atomic E-state index is 0.424. The Morgan fingerprint density at radius 1 is 1.62 bits per heavy atom. The molecule has 0 fully saturated rings. The molecule has 2 N–H and O–H groups in total. The van der Waals surface area contributed by atoms with E-state index in [4.69, 9.17) is 17.3 Å². The maximum atomic E-state index is 5.91. The van der Waals surface area contributed by atoms with Crippen molar-refractivity contribution in [2.24, 2.45) is 0 Å². The summed E-state index contributed by atoms with van der Waals surface area (Å²) in [7, 11) is 0. The number of halogens is 1. The van der Waals surface area contributed by atoms with Crippen LogP contribution in [0, 0.1) is 0 Å². The van der Waals surface area contributed by atoms with Crippen molar-refractivity contribution in [2.75, 3.05) is 5.73 Å². The van der Waals surface area contributed by atoms with Gasteiger partial charge in [0.2, 0.25) is 0 Å². The Labute approximate surface area is 83.9 Å². The summed E-state index contributed by atoms with van der Waals surface area (Å²) in [5.74, 6) is 0.424. The van der Waals surface area contributed by atoms with Crippen molar-refractivity contribution >= 4 is 28.8 Å². The van der Waals surface area contributed by atoms with E-state index in [1.807, 2.05) is 11.4 Å². The van der Waals surface area contributed by atoms with Gasteiger partial charge in [-0.05, 0) is 11.4 Å². The molecule has 2 aromatic heterocycles. The molecule has 0 saturated carbocycles. The van der Waals surface area contributed by atoms with Crippen molar-refractivity contribution in [1.82, 2.24) is 15.0 Å². The third kappa shape index (κ3) is 1.81. The first-order chi connectivity index (χ1) is 6.25. The average Bonchev–Trinajstić information content (AvgIpc) is 2.64. The van der Waals surface area contributed by atoms with Crippen LogP contribution in [-0.4, -0.2) is 15.0 Å². The van der Waals surface area contributed by atoms with Crippen LogP contribution in [0.1, 0.15) is 4.88 Å². The minimum atomic E-state index is 0.424. The molecule has 2 aromatic rings. The first kappa shape index (κ1) is 8.52. The molecule has 0 amide bonds. The molecule has 0 aliphatic heterocycles. The maximum absolute atomic E-state index is 5.91. The van der Waals surface area contributed by atoms with Gasteiger partial charge in [-0.15, -0.1) is 16.4 Å². The van der Waals surface area contributed by atoms with Crippen molar-refractivity contribution in [3.05, 3.63) is 27.5 Å². The van der Waals surface area contributed by atoms with E-state index in [1.165, 1.54) is 0 Å². The smallest absolute Gasteiger partial charge is 0.165 e. The molecule has 0 atom stereocenters. The third-order valence-electron chi connectivity index (χ3n) is 1.55. The van der Waals surface area contributed by atoms with E-state index in [-0.39, 0.29) is 0 Å². The molecular formula is C7H7ClN4S. The summed E-state index contributed by atoms with van der Waals surface area (Å²) in [5, 5.41) is 10.2. The molecule has 0 saturated heterocycles. The Morgan fingerprint density at radius 2 is 2.46 bits per heavy atom. The summed E-state index contributed by atoms with van der Waals surface area (Å²) in [6, 6.07) is 1.86. The van der Waals surface area contributed by atoms with Gasteiger partial charge in [0.05, 0.1) is 17.8 Å². The third-order valence-corrected chi connectivity index (χ3v) is 2.92. The van der Waals surface area contributed by atoms with Crippen LogP contribution in [0.5, 0.6) is 0 Å². The van der Waals surface area contributed by atoms with Crippen LogP contribution in [0.25, 0.3) is 0 Å². The first-order valence-corrected chi connectivity index (χ1v) is 4.89. The molecule has 68 valence electrons. The number of aromatic nitrogens is 3. The number of anilines is 1. The Bertz CT molecular complexity index is 408. The van der Waals surface area contributed by atoms with Gasteiger partial charge in [-0.1, -0.05) is 16.8 Å². The van der Waals surface area contributed by atoms with E-state index >= 15 is 0 Å². The van der Waals surface area contributed by atoms with Gasteiger partial charge in [-0.25, -0.2) is 4.68 Å². The Hall–Kier alpha value is -1.07. The molecule has 0 unspecified atom stereocenters. The summed E-state index contributed by atoms with van der Waals surface area (Å²) in [6.45, 7) is 0.626. The number of hydrogen-bond donors (Lipinski definition) is 1. The first-order valence-electron chi connectivity index (χ1n) is 3.63. The highest BCUT2D eigenvalue weighted by atomic mass is 35.5. The van der Waals surface area contributed by atoms with E-state index in [0.717, 1.165) is 9.90 Å². The second-order valence-corrected chi connectivity index (χ2v) is 3.94. The van der Waals surface area contributed by atoms with Crippen LogP contribution < -0.4 is 5.73 Å². The van der Waals surface area contributed by atoms with Crippen molar-refractivity contribution < 1.29 is 0 Å². The molecule has 2 heterocycles. The quantitative estimate of drug-likeness (QED) is 0.827. The van der Waals surface area contributed by atoms with E-state index in [9.17, 15) is 0 Å². The minimum Gasteiger partial charge on any atom is -0.381 e. The van der Waals surface area contributed by atoms with Crippen molar-refractivity contribution in [3.8, 4) is 0 Å². The predicted molar refractivity (Wildman–Crippen MR) is 52.9 cm³/mol. The van der Waals surface area contributed by atoms with Gasteiger partial charge in [0.15, 0.2) is 5.82 Å². The van der Waals surface area contributed by atoms with Crippen molar-refractivity contribution in [2.45, 2.75) is 6.54 Å². The summed E-state index contributed by atoms with van der Waals surface area (Å²) in [6.07, 6.45) is 1.68. The van der Waals surface area contributed by atoms with Gasteiger partial charge in [-0.2, -0.15) is 0 Å². The summed E-state index contributed by atoms with van der Waals surface area (Å²) in [4.78, 5) is 1.06. The second-order valence-electron chi connectivity index (χ2n) is 2.53. The lowest BCUT2D eigenvalue weighted by Crippen LogP contribution is -1.98. The normalized spacial score (nSPS) is 10.5. The van der Waals surface area contributed by atoms with Crippen LogP contribution in [0.4, 0.5) is 5.82 Å². The van der Waals surface area contributed by atoms with Gasteiger partial charge in [-0.3, -0.25) is 0 Å². The Balaban J connectivity index is 2.19. The highest BCUT2D eigenvalue weighted by molar-refractivity contribution is 7.10. The van der Waals surface area contributed by atoms with Gasteiger partial charge in [0.25, 0.3) is 0 Å². The molecule has 6 heteroatoms. The summed E-state index contributed by atoms with van der Waals surface area (Å²) >= 11 is 7.51. The van der Waals surface area contributed by atoms with Crippen molar-refractivity contribution in [1.29, 1.82) is 0 Å². The molecule has 0 spiro atoms. The maximum Gasteiger partial charge on any atom is 0.165 e. The number of thiophene rings is 1. The van der Waals surface area contributed by atoms with E-state index in [1.54, 1.807) is 22.2 Å². The molecule has 4 nitrogen and oxygen atoms in total. The molecule has 13 heavy (non-hydrogen) atoms. The molecule has 0 radical (unpaired) electrons. The number of nitrogen functional groups attached to an aromatic ring is 1. The molecule has 0 bridgehead atoms. The fraction of sp³-hybridized carbons (Fsp3) is 0.143. The van der Waals surface area contributed by atoms with Crippen LogP contribution >= 0.6 is 22.9 Å². The number of nitrogens with zero attached hydrogens (tertiary/aromatic N) is 3. The Morgan fingerprint density at radius 3 is 3.00 bits per heavy atom. The number of rotatable bonds is 2. The molecule has 0 aliphatic rings. The van der Waals surface area contributed by atoms with Crippen LogP contribution in [0.3, 0.4) is 0 Å².